The van der Waals surface area contributed by atoms with Gasteiger partial charge in [-0.15, -0.1) is 0 Å². The third kappa shape index (κ3) is 2.57. The molecule has 0 aliphatic heterocycles. The fourth-order valence-electron chi connectivity index (χ4n) is 0.892. The standard InChI is InChI=1S/C7H2BrClF5N/c8-4-3(7(12,13)14)2(9)1-15-5(4)6(10)11/h1,6H. The fourth-order valence-corrected chi connectivity index (χ4v) is 1.97. The maximum Gasteiger partial charge on any atom is 0.419 e. The van der Waals surface area contributed by atoms with E-state index in [1.807, 2.05) is 0 Å². The molecule has 1 aromatic heterocycles. The summed E-state index contributed by atoms with van der Waals surface area (Å²) in [7, 11) is 0. The smallest absolute Gasteiger partial charge is 0.253 e. The third-order valence-electron chi connectivity index (χ3n) is 1.49. The lowest BCUT2D eigenvalue weighted by atomic mass is 10.2. The zero-order chi connectivity index (χ0) is 11.8. The van der Waals surface area contributed by atoms with Crippen molar-refractivity contribution in [1.82, 2.24) is 4.98 Å². The van der Waals surface area contributed by atoms with Crippen LogP contribution in [-0.4, -0.2) is 4.98 Å². The number of alkyl halides is 5. The summed E-state index contributed by atoms with van der Waals surface area (Å²) in [5.74, 6) is 0. The molecule has 1 aromatic rings. The van der Waals surface area contributed by atoms with Crippen LogP contribution in [0, 0.1) is 0 Å². The second-order valence-electron chi connectivity index (χ2n) is 2.48. The highest BCUT2D eigenvalue weighted by Gasteiger charge is 2.38. The molecule has 1 rings (SSSR count). The van der Waals surface area contributed by atoms with E-state index in [9.17, 15) is 22.0 Å². The number of halogens is 7. The van der Waals surface area contributed by atoms with Gasteiger partial charge in [0, 0.05) is 6.20 Å². The van der Waals surface area contributed by atoms with Crippen molar-refractivity contribution in [2.75, 3.05) is 0 Å². The summed E-state index contributed by atoms with van der Waals surface area (Å²) in [6, 6.07) is 0. The Bertz CT molecular complexity index is 378. The van der Waals surface area contributed by atoms with Gasteiger partial charge in [0.25, 0.3) is 6.43 Å². The maximum absolute atomic E-state index is 12.4. The highest BCUT2D eigenvalue weighted by atomic mass is 79.9. The lowest BCUT2D eigenvalue weighted by Crippen LogP contribution is -2.10. The van der Waals surface area contributed by atoms with E-state index in [1.165, 1.54) is 0 Å². The molecule has 0 saturated heterocycles. The highest BCUT2D eigenvalue weighted by Crippen LogP contribution is 2.42. The fraction of sp³-hybridized carbons (Fsp3) is 0.286. The SMILES string of the molecule is FC(F)c1ncc(Cl)c(C(F)(F)F)c1Br. The van der Waals surface area contributed by atoms with Crippen LogP contribution in [-0.2, 0) is 6.18 Å². The molecule has 0 fully saturated rings. The molecule has 0 saturated carbocycles. The van der Waals surface area contributed by atoms with Crippen LogP contribution in [0.4, 0.5) is 22.0 Å². The number of hydrogen-bond donors (Lipinski definition) is 0. The summed E-state index contributed by atoms with van der Waals surface area (Å²) in [4.78, 5) is 3.12. The maximum atomic E-state index is 12.4. The molecule has 15 heavy (non-hydrogen) atoms. The Hall–Kier alpha value is -0.430. The van der Waals surface area contributed by atoms with Crippen molar-refractivity contribution < 1.29 is 22.0 Å². The molecule has 8 heteroatoms. The average molecular weight is 310 g/mol. The van der Waals surface area contributed by atoms with Gasteiger partial charge in [0.2, 0.25) is 0 Å². The zero-order valence-corrected chi connectivity index (χ0v) is 9.09. The van der Waals surface area contributed by atoms with Crippen LogP contribution < -0.4 is 0 Å². The summed E-state index contributed by atoms with van der Waals surface area (Å²) in [6.45, 7) is 0. The number of hydrogen-bond acceptors (Lipinski definition) is 1. The minimum absolute atomic E-state index is 0.552. The van der Waals surface area contributed by atoms with Gasteiger partial charge in [0.15, 0.2) is 0 Å². The van der Waals surface area contributed by atoms with Crippen LogP contribution >= 0.6 is 27.5 Å². The number of rotatable bonds is 1. The monoisotopic (exact) mass is 309 g/mol. The van der Waals surface area contributed by atoms with Gasteiger partial charge in [0.1, 0.15) is 5.69 Å². The Balaban J connectivity index is 3.44. The molecule has 1 heterocycles. The van der Waals surface area contributed by atoms with E-state index in [0.717, 1.165) is 0 Å². The molecule has 0 amide bonds. The van der Waals surface area contributed by atoms with Gasteiger partial charge >= 0.3 is 6.18 Å². The molecule has 84 valence electrons. The van der Waals surface area contributed by atoms with Gasteiger partial charge in [-0.05, 0) is 15.9 Å². The quantitative estimate of drug-likeness (QED) is 0.698. The van der Waals surface area contributed by atoms with Gasteiger partial charge in [-0.1, -0.05) is 11.6 Å². The second-order valence-corrected chi connectivity index (χ2v) is 3.68. The lowest BCUT2D eigenvalue weighted by Gasteiger charge is -2.13. The molecular weight excluding hydrogens is 308 g/mol. The van der Waals surface area contributed by atoms with Crippen molar-refractivity contribution in [1.29, 1.82) is 0 Å². The first-order chi connectivity index (χ1) is 6.75. The Morgan fingerprint density at radius 2 is 1.87 bits per heavy atom. The van der Waals surface area contributed by atoms with Crippen molar-refractivity contribution >= 4 is 27.5 Å². The Labute approximate surface area is 94.4 Å². The molecule has 0 atom stereocenters. The molecule has 0 aromatic carbocycles. The minimum Gasteiger partial charge on any atom is -0.253 e. The third-order valence-corrected chi connectivity index (χ3v) is 2.58. The van der Waals surface area contributed by atoms with Gasteiger partial charge in [-0.3, -0.25) is 4.98 Å². The van der Waals surface area contributed by atoms with E-state index >= 15 is 0 Å². The minimum atomic E-state index is -4.80. The summed E-state index contributed by atoms with van der Waals surface area (Å²) >= 11 is 7.65. The normalized spacial score (nSPS) is 12.3. The van der Waals surface area contributed by atoms with E-state index < -0.39 is 33.4 Å². The molecule has 0 bridgehead atoms. The van der Waals surface area contributed by atoms with Crippen LogP contribution in [0.15, 0.2) is 10.7 Å². The molecule has 0 aliphatic carbocycles. The summed E-state index contributed by atoms with van der Waals surface area (Å²) in [6.07, 6.45) is -7.35. The largest absolute Gasteiger partial charge is 0.419 e. The average Bonchev–Trinajstić information content (AvgIpc) is 2.00. The van der Waals surface area contributed by atoms with E-state index in [0.29, 0.717) is 6.20 Å². The first kappa shape index (κ1) is 12.6. The molecule has 1 nitrogen and oxygen atoms in total. The van der Waals surface area contributed by atoms with Gasteiger partial charge < -0.3 is 0 Å². The zero-order valence-electron chi connectivity index (χ0n) is 6.75. The van der Waals surface area contributed by atoms with E-state index in [-0.39, 0.29) is 0 Å². The lowest BCUT2D eigenvalue weighted by molar-refractivity contribution is -0.138. The van der Waals surface area contributed by atoms with E-state index in [4.69, 9.17) is 11.6 Å². The van der Waals surface area contributed by atoms with Crippen molar-refractivity contribution in [2.24, 2.45) is 0 Å². The van der Waals surface area contributed by atoms with Crippen molar-refractivity contribution in [3.8, 4) is 0 Å². The molecular formula is C7H2BrClF5N. The highest BCUT2D eigenvalue weighted by molar-refractivity contribution is 9.10. The van der Waals surface area contributed by atoms with Gasteiger partial charge in [0.05, 0.1) is 15.1 Å². The Kier molecular flexibility index (Phi) is 3.55. The molecule has 0 N–H and O–H groups in total. The Morgan fingerprint density at radius 1 is 1.33 bits per heavy atom. The predicted octanol–water partition coefficient (Wildman–Crippen LogP) is 4.45. The second kappa shape index (κ2) is 4.21. The van der Waals surface area contributed by atoms with Crippen molar-refractivity contribution in [3.05, 3.63) is 26.9 Å². The predicted molar refractivity (Wildman–Crippen MR) is 46.9 cm³/mol. The topological polar surface area (TPSA) is 12.9 Å². The van der Waals surface area contributed by atoms with Crippen LogP contribution in [0.5, 0.6) is 0 Å². The molecule has 0 aliphatic rings. The van der Waals surface area contributed by atoms with E-state index in [1.54, 1.807) is 0 Å². The van der Waals surface area contributed by atoms with Crippen LogP contribution in [0.25, 0.3) is 0 Å². The van der Waals surface area contributed by atoms with Crippen LogP contribution in [0.3, 0.4) is 0 Å². The van der Waals surface area contributed by atoms with Gasteiger partial charge in [-0.2, -0.15) is 13.2 Å². The van der Waals surface area contributed by atoms with Crippen LogP contribution in [0.2, 0.25) is 5.02 Å². The molecule has 0 spiro atoms. The number of nitrogens with zero attached hydrogens (tertiary/aromatic N) is 1. The van der Waals surface area contributed by atoms with Gasteiger partial charge in [-0.25, -0.2) is 8.78 Å². The van der Waals surface area contributed by atoms with Crippen molar-refractivity contribution in [2.45, 2.75) is 12.6 Å². The Morgan fingerprint density at radius 3 is 2.27 bits per heavy atom. The first-order valence-electron chi connectivity index (χ1n) is 3.44. The van der Waals surface area contributed by atoms with E-state index in [2.05, 4.69) is 20.9 Å². The first-order valence-corrected chi connectivity index (χ1v) is 4.61. The summed E-state index contributed by atoms with van der Waals surface area (Å²) < 4.78 is 60.7. The van der Waals surface area contributed by atoms with Crippen molar-refractivity contribution in [3.63, 3.8) is 0 Å². The molecule has 0 unspecified atom stereocenters. The summed E-state index contributed by atoms with van der Waals surface area (Å²) in [5.41, 5.74) is -2.32. The number of aromatic nitrogens is 1. The summed E-state index contributed by atoms with van der Waals surface area (Å²) in [5, 5.41) is -0.723. The van der Waals surface area contributed by atoms with Crippen LogP contribution in [0.1, 0.15) is 17.7 Å². The molecule has 0 radical (unpaired) electrons. The number of pyridine rings is 1.